The first kappa shape index (κ1) is 18.9. The molecule has 1 aromatic heterocycles. The quantitative estimate of drug-likeness (QED) is 0.390. The third-order valence-electron chi connectivity index (χ3n) is 4.32. The third-order valence-corrected chi connectivity index (χ3v) is 5.35. The van der Waals surface area contributed by atoms with Gasteiger partial charge >= 0.3 is 5.69 Å². The lowest BCUT2D eigenvalue weighted by Crippen LogP contribution is -2.22. The van der Waals surface area contributed by atoms with Crippen LogP contribution in [0.4, 0.5) is 0 Å². The standard InChI is InChI=1S/C21H13BrCl2N2O2/c22-14-3-1-13(2-4-14)19-20(27)26(18-11-7-16(24)8-12-18)21(28)25(19)17-9-5-15(23)6-10-17/h1-12,27H. The molecule has 140 valence electrons. The smallest absolute Gasteiger partial charge is 0.340 e. The Hall–Kier alpha value is -2.47. The summed E-state index contributed by atoms with van der Waals surface area (Å²) < 4.78 is 3.61. The molecular weight excluding hydrogens is 463 g/mol. The van der Waals surface area contributed by atoms with Crippen LogP contribution in [0.1, 0.15) is 0 Å². The number of hydrogen-bond donors (Lipinski definition) is 1. The van der Waals surface area contributed by atoms with E-state index in [0.29, 0.717) is 32.7 Å². The summed E-state index contributed by atoms with van der Waals surface area (Å²) in [5.41, 5.74) is 1.78. The fraction of sp³-hybridized carbons (Fsp3) is 0. The van der Waals surface area contributed by atoms with Crippen molar-refractivity contribution < 1.29 is 5.11 Å². The highest BCUT2D eigenvalue weighted by atomic mass is 79.9. The molecule has 0 atom stereocenters. The van der Waals surface area contributed by atoms with Crippen molar-refractivity contribution in [1.82, 2.24) is 9.13 Å². The molecule has 0 saturated heterocycles. The van der Waals surface area contributed by atoms with Gasteiger partial charge in [-0.3, -0.25) is 4.57 Å². The van der Waals surface area contributed by atoms with Crippen molar-refractivity contribution in [2.24, 2.45) is 0 Å². The monoisotopic (exact) mass is 474 g/mol. The molecule has 7 heteroatoms. The van der Waals surface area contributed by atoms with Gasteiger partial charge in [-0.05, 0) is 60.7 Å². The highest BCUT2D eigenvalue weighted by molar-refractivity contribution is 9.10. The van der Waals surface area contributed by atoms with Gasteiger partial charge in [-0.25, -0.2) is 9.36 Å². The summed E-state index contributed by atoms with van der Waals surface area (Å²) in [4.78, 5) is 13.3. The van der Waals surface area contributed by atoms with E-state index in [4.69, 9.17) is 23.2 Å². The minimum Gasteiger partial charge on any atom is -0.493 e. The molecule has 1 heterocycles. The van der Waals surface area contributed by atoms with Crippen molar-refractivity contribution >= 4 is 39.1 Å². The molecule has 4 nitrogen and oxygen atoms in total. The van der Waals surface area contributed by atoms with E-state index in [1.165, 1.54) is 9.13 Å². The molecule has 0 unspecified atom stereocenters. The molecule has 0 aliphatic rings. The zero-order valence-electron chi connectivity index (χ0n) is 14.3. The zero-order valence-corrected chi connectivity index (χ0v) is 17.4. The largest absolute Gasteiger partial charge is 0.493 e. The lowest BCUT2D eigenvalue weighted by atomic mass is 10.1. The van der Waals surface area contributed by atoms with Gasteiger partial charge in [0.15, 0.2) is 0 Å². The van der Waals surface area contributed by atoms with Crippen LogP contribution in [0.3, 0.4) is 0 Å². The van der Waals surface area contributed by atoms with Crippen LogP contribution >= 0.6 is 39.1 Å². The van der Waals surface area contributed by atoms with Gasteiger partial charge in [0.25, 0.3) is 0 Å². The summed E-state index contributed by atoms with van der Waals surface area (Å²) >= 11 is 15.4. The SMILES string of the molecule is O=c1n(-c2ccc(Cl)cc2)c(O)c(-c2ccc(Br)cc2)n1-c1ccc(Cl)cc1. The molecule has 0 saturated carbocycles. The van der Waals surface area contributed by atoms with E-state index in [2.05, 4.69) is 15.9 Å². The van der Waals surface area contributed by atoms with Crippen LogP contribution in [0.25, 0.3) is 22.6 Å². The first-order valence-electron chi connectivity index (χ1n) is 8.30. The Labute approximate surface area is 179 Å². The second-order valence-electron chi connectivity index (χ2n) is 6.09. The van der Waals surface area contributed by atoms with E-state index in [1.807, 2.05) is 24.3 Å². The van der Waals surface area contributed by atoms with Gasteiger partial charge in [0.05, 0.1) is 11.4 Å². The van der Waals surface area contributed by atoms with Crippen LogP contribution in [0, 0.1) is 0 Å². The van der Waals surface area contributed by atoms with Gasteiger partial charge in [-0.2, -0.15) is 0 Å². The first-order chi connectivity index (χ1) is 13.5. The lowest BCUT2D eigenvalue weighted by molar-refractivity contribution is 0.443. The highest BCUT2D eigenvalue weighted by Gasteiger charge is 2.23. The fourth-order valence-corrected chi connectivity index (χ4v) is 3.53. The van der Waals surface area contributed by atoms with E-state index in [9.17, 15) is 9.90 Å². The Bertz CT molecular complexity index is 1200. The first-order valence-corrected chi connectivity index (χ1v) is 9.85. The van der Waals surface area contributed by atoms with Gasteiger partial charge in [-0.1, -0.05) is 51.3 Å². The van der Waals surface area contributed by atoms with Crippen LogP contribution < -0.4 is 5.69 Å². The Balaban J connectivity index is 2.04. The van der Waals surface area contributed by atoms with Crippen molar-refractivity contribution in [3.8, 4) is 28.5 Å². The molecule has 4 aromatic rings. The van der Waals surface area contributed by atoms with E-state index in [0.717, 1.165) is 4.47 Å². The second-order valence-corrected chi connectivity index (χ2v) is 7.87. The van der Waals surface area contributed by atoms with E-state index in [-0.39, 0.29) is 5.88 Å². The van der Waals surface area contributed by atoms with Crippen LogP contribution in [-0.4, -0.2) is 14.2 Å². The molecule has 1 N–H and O–H groups in total. The summed E-state index contributed by atoms with van der Waals surface area (Å²) in [7, 11) is 0. The molecule has 3 aromatic carbocycles. The predicted molar refractivity (Wildman–Crippen MR) is 116 cm³/mol. The molecule has 0 radical (unpaired) electrons. The summed E-state index contributed by atoms with van der Waals surface area (Å²) in [6, 6.07) is 20.9. The molecule has 0 aliphatic heterocycles. The van der Waals surface area contributed by atoms with Crippen LogP contribution in [0.15, 0.2) is 82.1 Å². The minimum atomic E-state index is -0.403. The maximum absolute atomic E-state index is 13.3. The summed E-state index contributed by atoms with van der Waals surface area (Å²) in [5, 5.41) is 12.1. The molecule has 0 amide bonds. The number of benzene rings is 3. The lowest BCUT2D eigenvalue weighted by Gasteiger charge is -2.08. The molecule has 4 rings (SSSR count). The molecule has 0 bridgehead atoms. The zero-order chi connectivity index (χ0) is 19.8. The molecule has 0 spiro atoms. The Morgan fingerprint density at radius 3 is 1.68 bits per heavy atom. The van der Waals surface area contributed by atoms with Crippen LogP contribution in [0.2, 0.25) is 10.0 Å². The third kappa shape index (κ3) is 3.37. The topological polar surface area (TPSA) is 47.2 Å². The average Bonchev–Trinajstić information content (AvgIpc) is 2.94. The number of hydrogen-bond acceptors (Lipinski definition) is 2. The normalized spacial score (nSPS) is 11.0. The number of imidazole rings is 1. The number of aromatic nitrogens is 2. The summed E-state index contributed by atoms with van der Waals surface area (Å²) in [6.07, 6.45) is 0. The summed E-state index contributed by atoms with van der Waals surface area (Å²) in [6.45, 7) is 0. The van der Waals surface area contributed by atoms with Gasteiger partial charge in [-0.15, -0.1) is 0 Å². The Morgan fingerprint density at radius 1 is 0.714 bits per heavy atom. The number of nitrogens with zero attached hydrogens (tertiary/aromatic N) is 2. The van der Waals surface area contributed by atoms with Crippen molar-refractivity contribution in [3.05, 3.63) is 97.8 Å². The Morgan fingerprint density at radius 2 is 1.18 bits per heavy atom. The highest BCUT2D eigenvalue weighted by Crippen LogP contribution is 2.33. The molecule has 0 fully saturated rings. The second kappa shape index (κ2) is 7.51. The van der Waals surface area contributed by atoms with E-state index < -0.39 is 5.69 Å². The van der Waals surface area contributed by atoms with E-state index in [1.54, 1.807) is 48.5 Å². The van der Waals surface area contributed by atoms with Crippen LogP contribution in [-0.2, 0) is 0 Å². The van der Waals surface area contributed by atoms with Gasteiger partial charge in [0.1, 0.15) is 5.69 Å². The van der Waals surface area contributed by atoms with Gasteiger partial charge in [0.2, 0.25) is 5.88 Å². The minimum absolute atomic E-state index is 0.162. The predicted octanol–water partition coefficient (Wildman–Crippen LogP) is 6.07. The van der Waals surface area contributed by atoms with Crippen LogP contribution in [0.5, 0.6) is 5.88 Å². The van der Waals surface area contributed by atoms with Gasteiger partial charge in [0, 0.05) is 20.1 Å². The van der Waals surface area contributed by atoms with Crippen molar-refractivity contribution in [2.45, 2.75) is 0 Å². The maximum atomic E-state index is 13.3. The van der Waals surface area contributed by atoms with Gasteiger partial charge < -0.3 is 5.11 Å². The van der Waals surface area contributed by atoms with Crippen molar-refractivity contribution in [1.29, 1.82) is 0 Å². The summed E-state index contributed by atoms with van der Waals surface area (Å²) in [5.74, 6) is -0.162. The number of halogens is 3. The molecule has 28 heavy (non-hydrogen) atoms. The van der Waals surface area contributed by atoms with Crippen molar-refractivity contribution in [2.75, 3.05) is 0 Å². The molecular formula is C21H13BrCl2N2O2. The Kier molecular flexibility index (Phi) is 5.06. The van der Waals surface area contributed by atoms with E-state index >= 15 is 0 Å². The average molecular weight is 476 g/mol. The fourth-order valence-electron chi connectivity index (χ4n) is 3.01. The van der Waals surface area contributed by atoms with Crippen molar-refractivity contribution in [3.63, 3.8) is 0 Å². The number of rotatable bonds is 3. The maximum Gasteiger partial charge on any atom is 0.340 e. The molecule has 0 aliphatic carbocycles. The number of aromatic hydroxyl groups is 1.